The van der Waals surface area contributed by atoms with Crippen LogP contribution in [-0.4, -0.2) is 67.7 Å². The summed E-state index contributed by atoms with van der Waals surface area (Å²) < 4.78 is 27.0. The highest BCUT2D eigenvalue weighted by Crippen LogP contribution is 2.20. The third-order valence-electron chi connectivity index (χ3n) is 5.09. The Kier molecular flexibility index (Phi) is 7.29. The molecule has 0 aliphatic carbocycles. The van der Waals surface area contributed by atoms with Gasteiger partial charge < -0.3 is 4.90 Å². The Labute approximate surface area is 177 Å². The highest BCUT2D eigenvalue weighted by atomic mass is 35.5. The molecule has 6 nitrogen and oxygen atoms in total. The monoisotopic (exact) mass is 435 g/mol. The van der Waals surface area contributed by atoms with Crippen LogP contribution in [0.25, 0.3) is 0 Å². The van der Waals surface area contributed by atoms with Crippen molar-refractivity contribution in [3.8, 4) is 0 Å². The lowest BCUT2D eigenvalue weighted by Crippen LogP contribution is -2.51. The molecule has 0 N–H and O–H groups in total. The van der Waals surface area contributed by atoms with E-state index in [-0.39, 0.29) is 10.8 Å². The summed E-state index contributed by atoms with van der Waals surface area (Å²) in [6.45, 7) is 5.28. The second-order valence-electron chi connectivity index (χ2n) is 7.03. The molecule has 8 heteroatoms. The predicted molar refractivity (Wildman–Crippen MR) is 114 cm³/mol. The Morgan fingerprint density at radius 1 is 1.00 bits per heavy atom. The molecular weight excluding hydrogens is 410 g/mol. The van der Waals surface area contributed by atoms with Crippen molar-refractivity contribution < 1.29 is 13.2 Å². The second kappa shape index (κ2) is 9.71. The Morgan fingerprint density at radius 3 is 2.21 bits per heavy atom. The highest BCUT2D eigenvalue weighted by molar-refractivity contribution is 7.89. The molecule has 0 spiro atoms. The van der Waals surface area contributed by atoms with Crippen LogP contribution in [0.15, 0.2) is 59.5 Å². The number of nitrogens with zero attached hydrogens (tertiary/aromatic N) is 3. The quantitative estimate of drug-likeness (QED) is 0.670. The van der Waals surface area contributed by atoms with Gasteiger partial charge in [-0.25, -0.2) is 8.42 Å². The van der Waals surface area contributed by atoms with Gasteiger partial charge in [-0.15, -0.1) is 0 Å². The lowest BCUT2D eigenvalue weighted by Gasteiger charge is -2.34. The lowest BCUT2D eigenvalue weighted by atomic mass is 10.2. The van der Waals surface area contributed by atoms with Crippen LogP contribution >= 0.6 is 11.6 Å². The standard InChI is InChI=1S/C21H26ClN3O3S/c1-2-24(16-18-6-4-3-5-7-18)21(26)17-23-12-14-25(15-13-23)29(27,28)20-10-8-19(22)9-11-20/h3-11H,2,12-17H2,1H3. The molecule has 1 aliphatic rings. The van der Waals surface area contributed by atoms with Gasteiger partial charge in [0.05, 0.1) is 11.4 Å². The fourth-order valence-electron chi connectivity index (χ4n) is 3.36. The maximum Gasteiger partial charge on any atom is 0.243 e. The first-order chi connectivity index (χ1) is 13.9. The average molecular weight is 436 g/mol. The van der Waals surface area contributed by atoms with Crippen LogP contribution in [0.2, 0.25) is 5.02 Å². The third-order valence-corrected chi connectivity index (χ3v) is 7.26. The minimum atomic E-state index is -3.54. The Bertz CT molecular complexity index is 912. The van der Waals surface area contributed by atoms with Crippen molar-refractivity contribution in [3.63, 3.8) is 0 Å². The van der Waals surface area contributed by atoms with E-state index in [0.717, 1.165) is 5.56 Å². The van der Waals surface area contributed by atoms with E-state index in [1.807, 2.05) is 47.1 Å². The zero-order valence-electron chi connectivity index (χ0n) is 16.5. The molecule has 29 heavy (non-hydrogen) atoms. The SMILES string of the molecule is CCN(Cc1ccccc1)C(=O)CN1CCN(S(=O)(=O)c2ccc(Cl)cc2)CC1. The van der Waals surface area contributed by atoms with E-state index in [2.05, 4.69) is 0 Å². The molecule has 156 valence electrons. The predicted octanol–water partition coefficient (Wildman–Crippen LogP) is 2.70. The van der Waals surface area contributed by atoms with E-state index in [0.29, 0.717) is 50.8 Å². The highest BCUT2D eigenvalue weighted by Gasteiger charge is 2.29. The van der Waals surface area contributed by atoms with Crippen LogP contribution in [0.1, 0.15) is 12.5 Å². The van der Waals surface area contributed by atoms with Gasteiger partial charge in [0.2, 0.25) is 15.9 Å². The minimum absolute atomic E-state index is 0.0605. The molecule has 2 aromatic carbocycles. The molecule has 0 aromatic heterocycles. The number of benzene rings is 2. The van der Waals surface area contributed by atoms with E-state index >= 15 is 0 Å². The molecule has 1 fully saturated rings. The van der Waals surface area contributed by atoms with Gasteiger partial charge >= 0.3 is 0 Å². The Hall–Kier alpha value is -1.93. The van der Waals surface area contributed by atoms with Crippen LogP contribution in [0.3, 0.4) is 0 Å². The summed E-state index contributed by atoms with van der Waals surface area (Å²) in [6.07, 6.45) is 0. The molecule has 2 aromatic rings. The van der Waals surface area contributed by atoms with Crippen molar-refractivity contribution in [2.45, 2.75) is 18.4 Å². The van der Waals surface area contributed by atoms with E-state index in [1.54, 1.807) is 12.1 Å². The smallest absolute Gasteiger partial charge is 0.243 e. The molecule has 1 aliphatic heterocycles. The van der Waals surface area contributed by atoms with Crippen molar-refractivity contribution in [1.82, 2.24) is 14.1 Å². The molecule has 1 amide bonds. The average Bonchev–Trinajstić information content (AvgIpc) is 2.73. The zero-order chi connectivity index (χ0) is 20.9. The zero-order valence-corrected chi connectivity index (χ0v) is 18.1. The van der Waals surface area contributed by atoms with Crippen LogP contribution < -0.4 is 0 Å². The summed E-state index contributed by atoms with van der Waals surface area (Å²) in [7, 11) is -3.54. The van der Waals surface area contributed by atoms with Gasteiger partial charge in [-0.05, 0) is 36.8 Å². The molecule has 0 unspecified atom stereocenters. The van der Waals surface area contributed by atoms with Crippen LogP contribution in [-0.2, 0) is 21.4 Å². The molecule has 1 heterocycles. The van der Waals surface area contributed by atoms with Gasteiger partial charge in [0.15, 0.2) is 0 Å². The second-order valence-corrected chi connectivity index (χ2v) is 9.40. The van der Waals surface area contributed by atoms with Gasteiger partial charge in [-0.3, -0.25) is 9.69 Å². The topological polar surface area (TPSA) is 60.9 Å². The first kappa shape index (κ1) is 21.8. The van der Waals surface area contributed by atoms with Crippen molar-refractivity contribution in [2.75, 3.05) is 39.3 Å². The van der Waals surface area contributed by atoms with Crippen molar-refractivity contribution in [2.24, 2.45) is 0 Å². The summed E-state index contributed by atoms with van der Waals surface area (Å²) in [4.78, 5) is 16.8. The lowest BCUT2D eigenvalue weighted by molar-refractivity contribution is -0.133. The summed E-state index contributed by atoms with van der Waals surface area (Å²) in [5.41, 5.74) is 1.10. The maximum atomic E-state index is 12.8. The van der Waals surface area contributed by atoms with E-state index < -0.39 is 10.0 Å². The summed E-state index contributed by atoms with van der Waals surface area (Å²) >= 11 is 5.85. The molecule has 0 radical (unpaired) electrons. The summed E-state index contributed by atoms with van der Waals surface area (Å²) in [5, 5.41) is 0.503. The van der Waals surface area contributed by atoms with Crippen molar-refractivity contribution in [3.05, 3.63) is 65.2 Å². The Balaban J connectivity index is 1.54. The first-order valence-corrected chi connectivity index (χ1v) is 11.5. The number of halogens is 1. The molecule has 0 atom stereocenters. The number of hydrogen-bond donors (Lipinski definition) is 0. The normalized spacial score (nSPS) is 15.9. The molecular formula is C21H26ClN3O3S. The number of sulfonamides is 1. The van der Waals surface area contributed by atoms with Gasteiger partial charge in [0.1, 0.15) is 0 Å². The van der Waals surface area contributed by atoms with Crippen LogP contribution in [0, 0.1) is 0 Å². The third kappa shape index (κ3) is 5.57. The molecule has 0 saturated carbocycles. The number of hydrogen-bond acceptors (Lipinski definition) is 4. The first-order valence-electron chi connectivity index (χ1n) is 9.70. The van der Waals surface area contributed by atoms with E-state index in [9.17, 15) is 13.2 Å². The van der Waals surface area contributed by atoms with E-state index in [1.165, 1.54) is 16.4 Å². The number of carbonyl (C=O) groups is 1. The molecule has 3 rings (SSSR count). The number of amides is 1. The molecule has 1 saturated heterocycles. The van der Waals surface area contributed by atoms with Crippen LogP contribution in [0.4, 0.5) is 0 Å². The fourth-order valence-corrected chi connectivity index (χ4v) is 4.90. The number of rotatable bonds is 7. The molecule has 0 bridgehead atoms. The van der Waals surface area contributed by atoms with Crippen molar-refractivity contribution >= 4 is 27.5 Å². The van der Waals surface area contributed by atoms with Crippen molar-refractivity contribution in [1.29, 1.82) is 0 Å². The largest absolute Gasteiger partial charge is 0.338 e. The number of likely N-dealkylation sites (N-methyl/N-ethyl adjacent to an activating group) is 1. The number of piperazine rings is 1. The minimum Gasteiger partial charge on any atom is -0.338 e. The van der Waals surface area contributed by atoms with Gasteiger partial charge in [0.25, 0.3) is 0 Å². The number of carbonyl (C=O) groups excluding carboxylic acids is 1. The van der Waals surface area contributed by atoms with Gasteiger partial charge in [-0.1, -0.05) is 41.9 Å². The van der Waals surface area contributed by atoms with E-state index in [4.69, 9.17) is 11.6 Å². The van der Waals surface area contributed by atoms with Gasteiger partial charge in [-0.2, -0.15) is 4.31 Å². The maximum absolute atomic E-state index is 12.8. The van der Waals surface area contributed by atoms with Gasteiger partial charge in [0, 0.05) is 44.3 Å². The van der Waals surface area contributed by atoms with Crippen LogP contribution in [0.5, 0.6) is 0 Å². The Morgan fingerprint density at radius 2 is 1.62 bits per heavy atom. The summed E-state index contributed by atoms with van der Waals surface area (Å²) in [5.74, 6) is 0.0605. The summed E-state index contributed by atoms with van der Waals surface area (Å²) in [6, 6.07) is 16.1. The fraction of sp³-hybridized carbons (Fsp3) is 0.381.